The second-order valence-electron chi connectivity index (χ2n) is 6.05. The predicted octanol–water partition coefficient (Wildman–Crippen LogP) is 5.90. The lowest BCUT2D eigenvalue weighted by Crippen LogP contribution is -2.15. The number of halogens is 5. The number of nitrogens with one attached hydrogen (secondary N) is 2. The zero-order chi connectivity index (χ0) is 21.9. The lowest BCUT2D eigenvalue weighted by atomic mass is 10.1. The number of hydrogen-bond donors (Lipinski definition) is 2. The molecule has 3 rings (SSSR count). The molecular formula is C20H14ClF4N3O2. The molecule has 0 spiro atoms. The summed E-state index contributed by atoms with van der Waals surface area (Å²) in [7, 11) is 1.43. The fourth-order valence-electron chi connectivity index (χ4n) is 2.53. The summed E-state index contributed by atoms with van der Waals surface area (Å²) in [5, 5.41) is 5.16. The zero-order valence-electron chi connectivity index (χ0n) is 15.3. The third-order valence-electron chi connectivity index (χ3n) is 4.00. The normalized spacial score (nSPS) is 11.1. The van der Waals surface area contributed by atoms with Crippen LogP contribution in [0.4, 0.5) is 34.6 Å². The Labute approximate surface area is 173 Å². The molecule has 0 unspecified atom stereocenters. The molecule has 0 aliphatic rings. The molecule has 5 nitrogen and oxygen atoms in total. The second-order valence-corrected chi connectivity index (χ2v) is 6.46. The Bertz CT molecular complexity index is 1070. The van der Waals surface area contributed by atoms with Crippen molar-refractivity contribution in [2.45, 2.75) is 6.18 Å². The lowest BCUT2D eigenvalue weighted by molar-refractivity contribution is -0.137. The highest BCUT2D eigenvalue weighted by Gasteiger charge is 2.31. The van der Waals surface area contributed by atoms with Crippen LogP contribution in [0.5, 0.6) is 5.88 Å². The molecule has 156 valence electrons. The van der Waals surface area contributed by atoms with Crippen molar-refractivity contribution < 1.29 is 27.1 Å². The van der Waals surface area contributed by atoms with Crippen LogP contribution in [0.1, 0.15) is 15.9 Å². The van der Waals surface area contributed by atoms with Crippen molar-refractivity contribution in [2.24, 2.45) is 0 Å². The van der Waals surface area contributed by atoms with E-state index in [2.05, 4.69) is 15.6 Å². The van der Waals surface area contributed by atoms with Crippen molar-refractivity contribution in [3.8, 4) is 5.88 Å². The van der Waals surface area contributed by atoms with Crippen molar-refractivity contribution >= 4 is 34.6 Å². The standard InChI is InChI=1S/C20H14ClF4N3O2/c1-30-18-7-4-13(10-26-18)27-19(29)14-5-2-11(20(23,24)25)8-17(14)28-16-6-3-12(22)9-15(16)21/h2-10,28H,1H3,(H,27,29). The fourth-order valence-corrected chi connectivity index (χ4v) is 2.75. The van der Waals surface area contributed by atoms with E-state index in [1.54, 1.807) is 0 Å². The van der Waals surface area contributed by atoms with Crippen LogP contribution >= 0.6 is 11.6 Å². The van der Waals surface area contributed by atoms with E-state index in [4.69, 9.17) is 16.3 Å². The maximum Gasteiger partial charge on any atom is 0.416 e. The Morgan fingerprint density at radius 1 is 1.07 bits per heavy atom. The van der Waals surface area contributed by atoms with E-state index in [0.717, 1.165) is 30.3 Å². The molecule has 0 saturated heterocycles. The molecule has 2 N–H and O–H groups in total. The Balaban J connectivity index is 1.96. The van der Waals surface area contributed by atoms with Gasteiger partial charge in [0.1, 0.15) is 5.82 Å². The van der Waals surface area contributed by atoms with Crippen LogP contribution < -0.4 is 15.4 Å². The number of anilines is 3. The summed E-state index contributed by atoms with van der Waals surface area (Å²) in [5.74, 6) is -0.966. The second kappa shape index (κ2) is 8.58. The van der Waals surface area contributed by atoms with Crippen LogP contribution in [0.2, 0.25) is 5.02 Å². The van der Waals surface area contributed by atoms with Crippen LogP contribution in [0.25, 0.3) is 0 Å². The predicted molar refractivity (Wildman–Crippen MR) is 105 cm³/mol. The molecule has 1 heterocycles. The van der Waals surface area contributed by atoms with Gasteiger partial charge in [0, 0.05) is 6.07 Å². The number of carbonyl (C=O) groups excluding carboxylic acids is 1. The van der Waals surface area contributed by atoms with E-state index in [-0.39, 0.29) is 22.0 Å². The van der Waals surface area contributed by atoms with Crippen LogP contribution in [0, 0.1) is 5.82 Å². The zero-order valence-corrected chi connectivity index (χ0v) is 16.1. The molecule has 0 bridgehead atoms. The van der Waals surface area contributed by atoms with Crippen LogP contribution in [0.3, 0.4) is 0 Å². The Hall–Kier alpha value is -3.33. The van der Waals surface area contributed by atoms with E-state index >= 15 is 0 Å². The van der Waals surface area contributed by atoms with E-state index in [1.165, 1.54) is 31.5 Å². The van der Waals surface area contributed by atoms with E-state index in [0.29, 0.717) is 11.6 Å². The van der Waals surface area contributed by atoms with Gasteiger partial charge in [0.25, 0.3) is 5.91 Å². The van der Waals surface area contributed by atoms with E-state index in [1.807, 2.05) is 0 Å². The van der Waals surface area contributed by atoms with Crippen molar-refractivity contribution in [1.29, 1.82) is 0 Å². The maximum absolute atomic E-state index is 13.3. The SMILES string of the molecule is COc1ccc(NC(=O)c2ccc(C(F)(F)F)cc2Nc2ccc(F)cc2Cl)cn1. The fraction of sp³-hybridized carbons (Fsp3) is 0.100. The first-order valence-electron chi connectivity index (χ1n) is 8.42. The molecule has 2 aromatic carbocycles. The largest absolute Gasteiger partial charge is 0.481 e. The highest BCUT2D eigenvalue weighted by Crippen LogP contribution is 2.35. The number of methoxy groups -OCH3 is 1. The Morgan fingerprint density at radius 3 is 2.43 bits per heavy atom. The first kappa shape index (κ1) is 21.4. The molecule has 1 aromatic heterocycles. The number of benzene rings is 2. The van der Waals surface area contributed by atoms with Gasteiger partial charge in [-0.2, -0.15) is 13.2 Å². The number of pyridine rings is 1. The van der Waals surface area contributed by atoms with Crippen LogP contribution in [0.15, 0.2) is 54.7 Å². The van der Waals surface area contributed by atoms with E-state index < -0.39 is 23.5 Å². The molecule has 0 aliphatic heterocycles. The van der Waals surface area contributed by atoms with Gasteiger partial charge in [0.2, 0.25) is 5.88 Å². The van der Waals surface area contributed by atoms with Gasteiger partial charge < -0.3 is 15.4 Å². The molecule has 1 amide bonds. The molecule has 0 saturated carbocycles. The topological polar surface area (TPSA) is 63.2 Å². The van der Waals surface area contributed by atoms with Gasteiger partial charge in [-0.25, -0.2) is 9.37 Å². The third kappa shape index (κ3) is 4.98. The van der Waals surface area contributed by atoms with Gasteiger partial charge in [-0.3, -0.25) is 4.79 Å². The minimum absolute atomic E-state index is 0.0573. The number of carbonyl (C=O) groups is 1. The Kier molecular flexibility index (Phi) is 6.12. The van der Waals surface area contributed by atoms with Gasteiger partial charge in [0.05, 0.1) is 46.5 Å². The van der Waals surface area contributed by atoms with Crippen molar-refractivity contribution in [2.75, 3.05) is 17.7 Å². The minimum Gasteiger partial charge on any atom is -0.481 e. The maximum atomic E-state index is 13.3. The summed E-state index contributed by atoms with van der Waals surface area (Å²) in [5.41, 5.74) is -0.758. The molecule has 0 fully saturated rings. The number of hydrogen-bond acceptors (Lipinski definition) is 4. The van der Waals surface area contributed by atoms with E-state index in [9.17, 15) is 22.4 Å². The quantitative estimate of drug-likeness (QED) is 0.486. The number of aromatic nitrogens is 1. The minimum atomic E-state index is -4.63. The van der Waals surface area contributed by atoms with Crippen molar-refractivity contribution in [1.82, 2.24) is 4.98 Å². The first-order valence-corrected chi connectivity index (χ1v) is 8.80. The average molecular weight is 440 g/mol. The van der Waals surface area contributed by atoms with Crippen molar-refractivity contribution in [3.63, 3.8) is 0 Å². The summed E-state index contributed by atoms with van der Waals surface area (Å²) >= 11 is 5.95. The Morgan fingerprint density at radius 2 is 1.83 bits per heavy atom. The van der Waals surface area contributed by atoms with Gasteiger partial charge >= 0.3 is 6.18 Å². The summed E-state index contributed by atoms with van der Waals surface area (Å²) in [6, 6.07) is 8.99. The molecule has 3 aromatic rings. The van der Waals surface area contributed by atoms with Gasteiger partial charge in [0.15, 0.2) is 0 Å². The smallest absolute Gasteiger partial charge is 0.416 e. The molecule has 0 radical (unpaired) electrons. The number of amides is 1. The summed E-state index contributed by atoms with van der Waals surface area (Å²) in [4.78, 5) is 16.6. The average Bonchev–Trinajstić information content (AvgIpc) is 2.70. The molecule has 0 atom stereocenters. The number of rotatable bonds is 5. The highest BCUT2D eigenvalue weighted by atomic mass is 35.5. The van der Waals surface area contributed by atoms with Gasteiger partial charge in [-0.05, 0) is 42.5 Å². The first-order chi connectivity index (χ1) is 14.2. The summed E-state index contributed by atoms with van der Waals surface area (Å²) in [6.07, 6.45) is -3.29. The van der Waals surface area contributed by atoms with Crippen LogP contribution in [-0.4, -0.2) is 18.0 Å². The third-order valence-corrected chi connectivity index (χ3v) is 4.31. The summed E-state index contributed by atoms with van der Waals surface area (Å²) in [6.45, 7) is 0. The summed E-state index contributed by atoms with van der Waals surface area (Å²) < 4.78 is 57.7. The number of alkyl halides is 3. The molecule has 0 aliphatic carbocycles. The monoisotopic (exact) mass is 439 g/mol. The molecular weight excluding hydrogens is 426 g/mol. The number of ether oxygens (including phenoxy) is 1. The number of nitrogens with zero attached hydrogens (tertiary/aromatic N) is 1. The highest BCUT2D eigenvalue weighted by molar-refractivity contribution is 6.33. The van der Waals surface area contributed by atoms with Crippen LogP contribution in [-0.2, 0) is 6.18 Å². The van der Waals surface area contributed by atoms with Gasteiger partial charge in [-0.1, -0.05) is 11.6 Å². The molecule has 30 heavy (non-hydrogen) atoms. The van der Waals surface area contributed by atoms with Crippen molar-refractivity contribution in [3.05, 3.63) is 76.7 Å². The molecule has 10 heteroatoms. The van der Waals surface area contributed by atoms with Gasteiger partial charge in [-0.15, -0.1) is 0 Å². The lowest BCUT2D eigenvalue weighted by Gasteiger charge is -2.16.